The maximum Gasteiger partial charge on any atom is 0.239 e. The van der Waals surface area contributed by atoms with Gasteiger partial charge in [-0.15, -0.1) is 41.5 Å². The molecule has 6 heteroatoms. The van der Waals surface area contributed by atoms with Gasteiger partial charge in [-0.25, -0.2) is 0 Å². The molecule has 2 aliphatic heterocycles. The summed E-state index contributed by atoms with van der Waals surface area (Å²) in [6, 6.07) is 52.7. The van der Waals surface area contributed by atoms with E-state index in [0.29, 0.717) is 0 Å². The molecule has 0 bridgehead atoms. The van der Waals surface area contributed by atoms with Crippen molar-refractivity contribution >= 4 is 23.1 Å². The Kier molecular flexibility index (Phi) is 10.5. The number of pyridine rings is 2. The van der Waals surface area contributed by atoms with Gasteiger partial charge in [0.15, 0.2) is 0 Å². The van der Waals surface area contributed by atoms with Crippen LogP contribution in [0, 0.1) is 46.8 Å². The van der Waals surface area contributed by atoms with E-state index in [2.05, 4.69) is 149 Å². The number of aryl methyl sites for hydroxylation is 5. The van der Waals surface area contributed by atoms with E-state index in [1.807, 2.05) is 48.8 Å². The molecule has 2 aromatic heterocycles. The van der Waals surface area contributed by atoms with Crippen molar-refractivity contribution < 1.29 is 29.6 Å². The Balaban J connectivity index is 0.000000178. The molecule has 8 aromatic rings. The van der Waals surface area contributed by atoms with E-state index in [0.717, 1.165) is 67.5 Å². The zero-order chi connectivity index (χ0) is 38.3. The van der Waals surface area contributed by atoms with Crippen LogP contribution >= 0.6 is 0 Å². The molecule has 6 aromatic carbocycles. The van der Waals surface area contributed by atoms with Crippen LogP contribution in [0.15, 0.2) is 146 Å². The van der Waals surface area contributed by atoms with Gasteiger partial charge in [-0.05, 0) is 102 Å². The first kappa shape index (κ1) is 37.8. The number of fused-ring (bicyclic) bond motifs is 4. The SMILES string of the molecule is Cc1cccc(C)c1-c1ccnc(-c2[c-]cc3c4c2Oc2ccccc2B4c2ccccc2O3)c1.Cc1cnc(-c2[c-]cc(C)c(-c3ccccc3)c2)cc1C.[Ir]. The van der Waals surface area contributed by atoms with E-state index in [9.17, 15) is 0 Å². The second-order valence-electron chi connectivity index (χ2n) is 14.6. The van der Waals surface area contributed by atoms with Gasteiger partial charge in [-0.2, -0.15) is 0 Å². The molecule has 1 radical (unpaired) electrons. The van der Waals surface area contributed by atoms with Crippen molar-refractivity contribution in [1.82, 2.24) is 9.97 Å². The Morgan fingerprint density at radius 3 is 1.93 bits per heavy atom. The number of rotatable bonds is 4. The fraction of sp³-hybridized carbons (Fsp3) is 0.0980. The number of aromatic nitrogens is 2. The van der Waals surface area contributed by atoms with Gasteiger partial charge in [0.1, 0.15) is 11.5 Å². The third-order valence-electron chi connectivity index (χ3n) is 10.9. The molecule has 4 heterocycles. The van der Waals surface area contributed by atoms with Crippen molar-refractivity contribution in [2.75, 3.05) is 0 Å². The first-order valence-corrected chi connectivity index (χ1v) is 19.0. The average molecular weight is 915 g/mol. The summed E-state index contributed by atoms with van der Waals surface area (Å²) in [5.74, 6) is 3.29. The summed E-state index contributed by atoms with van der Waals surface area (Å²) in [5, 5.41) is 0. The van der Waals surface area contributed by atoms with Gasteiger partial charge in [-0.1, -0.05) is 126 Å². The van der Waals surface area contributed by atoms with E-state index in [1.165, 1.54) is 44.5 Å². The monoisotopic (exact) mass is 915 g/mol. The van der Waals surface area contributed by atoms with Crippen LogP contribution in [0.5, 0.6) is 23.0 Å². The van der Waals surface area contributed by atoms with Gasteiger partial charge in [0.05, 0.1) is 0 Å². The zero-order valence-electron chi connectivity index (χ0n) is 32.5. The van der Waals surface area contributed by atoms with Gasteiger partial charge in [0.2, 0.25) is 6.71 Å². The van der Waals surface area contributed by atoms with Crippen molar-refractivity contribution in [3.63, 3.8) is 0 Å². The van der Waals surface area contributed by atoms with Crippen molar-refractivity contribution in [3.05, 3.63) is 186 Å². The van der Waals surface area contributed by atoms with Gasteiger partial charge >= 0.3 is 0 Å². The summed E-state index contributed by atoms with van der Waals surface area (Å²) in [6.07, 6.45) is 3.80. The summed E-state index contributed by atoms with van der Waals surface area (Å²) in [4.78, 5) is 9.29. The summed E-state index contributed by atoms with van der Waals surface area (Å²) in [5.41, 5.74) is 18.1. The van der Waals surface area contributed by atoms with Crippen LogP contribution < -0.4 is 25.9 Å². The largest absolute Gasteiger partial charge is 0.503 e. The van der Waals surface area contributed by atoms with E-state index in [1.54, 1.807) is 0 Å². The van der Waals surface area contributed by atoms with Gasteiger partial charge in [0.25, 0.3) is 0 Å². The molecule has 0 unspecified atom stereocenters. The molecule has 0 saturated carbocycles. The molecule has 2 aliphatic rings. The summed E-state index contributed by atoms with van der Waals surface area (Å²) in [7, 11) is 0. The summed E-state index contributed by atoms with van der Waals surface area (Å²) < 4.78 is 12.9. The first-order chi connectivity index (χ1) is 27.3. The molecule has 0 aliphatic carbocycles. The minimum absolute atomic E-state index is 0. The normalized spacial score (nSPS) is 11.7. The predicted molar refractivity (Wildman–Crippen MR) is 229 cm³/mol. The molecule has 0 amide bonds. The Morgan fingerprint density at radius 1 is 0.526 bits per heavy atom. The molecule has 57 heavy (non-hydrogen) atoms. The second kappa shape index (κ2) is 15.8. The van der Waals surface area contributed by atoms with Crippen molar-refractivity contribution in [3.8, 4) is 67.8 Å². The number of hydrogen-bond donors (Lipinski definition) is 0. The van der Waals surface area contributed by atoms with Gasteiger partial charge in [-0.3, -0.25) is 0 Å². The standard InChI is InChI=1S/C31H21BNO2.C20H18N.Ir/c1-19-8-7-9-20(2)29(19)21-16-17-33-25(18-21)22-14-15-28-30-31(22)35-27-13-6-4-11-24(27)32(30)23-10-3-5-12-26(23)34-28;1-14-9-10-18(20-11-15(2)16(3)13-21-20)12-19(14)17-7-5-4-6-8-17;/h3-13,15-18H,1-2H3;4-9,11-13H,1-3H3;/q2*-1;. The molecule has 4 nitrogen and oxygen atoms in total. The van der Waals surface area contributed by atoms with Crippen LogP contribution in [0.2, 0.25) is 0 Å². The van der Waals surface area contributed by atoms with Crippen LogP contribution in [0.3, 0.4) is 0 Å². The van der Waals surface area contributed by atoms with Crippen molar-refractivity contribution in [1.29, 1.82) is 0 Å². The van der Waals surface area contributed by atoms with E-state index in [-0.39, 0.29) is 26.8 Å². The van der Waals surface area contributed by atoms with Crippen LogP contribution in [-0.2, 0) is 20.1 Å². The summed E-state index contributed by atoms with van der Waals surface area (Å²) >= 11 is 0. The Labute approximate surface area is 349 Å². The van der Waals surface area contributed by atoms with Gasteiger partial charge < -0.3 is 19.4 Å². The predicted octanol–water partition coefficient (Wildman–Crippen LogP) is 10.7. The second-order valence-corrected chi connectivity index (χ2v) is 14.6. The zero-order valence-corrected chi connectivity index (χ0v) is 34.9. The Hall–Kier alpha value is -6.07. The average Bonchev–Trinajstić information content (AvgIpc) is 3.22. The molecular formula is C51H39BIrN2O2-2. The number of ether oxygens (including phenoxy) is 2. The fourth-order valence-corrected chi connectivity index (χ4v) is 7.92. The van der Waals surface area contributed by atoms with E-state index >= 15 is 0 Å². The molecule has 0 saturated heterocycles. The molecule has 0 fully saturated rings. The Morgan fingerprint density at radius 2 is 1.21 bits per heavy atom. The molecule has 10 rings (SSSR count). The minimum Gasteiger partial charge on any atom is -0.503 e. The number of nitrogens with zero attached hydrogens (tertiary/aromatic N) is 2. The maximum atomic E-state index is 6.57. The first-order valence-electron chi connectivity index (χ1n) is 19.0. The molecule has 0 N–H and O–H groups in total. The van der Waals surface area contributed by atoms with Crippen LogP contribution in [0.25, 0.3) is 44.8 Å². The van der Waals surface area contributed by atoms with Crippen molar-refractivity contribution in [2.45, 2.75) is 34.6 Å². The smallest absolute Gasteiger partial charge is 0.239 e. The van der Waals surface area contributed by atoms with Crippen LogP contribution in [-0.4, -0.2) is 16.7 Å². The molecule has 0 atom stereocenters. The van der Waals surface area contributed by atoms with Gasteiger partial charge in [0, 0.05) is 44.0 Å². The third-order valence-corrected chi connectivity index (χ3v) is 10.9. The third kappa shape index (κ3) is 7.12. The molecule has 0 spiro atoms. The van der Waals surface area contributed by atoms with Crippen LogP contribution in [0.4, 0.5) is 0 Å². The van der Waals surface area contributed by atoms with E-state index in [4.69, 9.17) is 14.5 Å². The van der Waals surface area contributed by atoms with E-state index < -0.39 is 0 Å². The number of benzene rings is 6. The number of hydrogen-bond acceptors (Lipinski definition) is 4. The quantitative estimate of drug-likeness (QED) is 0.130. The minimum atomic E-state index is 0. The van der Waals surface area contributed by atoms with Crippen LogP contribution in [0.1, 0.15) is 27.8 Å². The molecular weight excluding hydrogens is 876 g/mol. The maximum absolute atomic E-state index is 6.57. The summed E-state index contributed by atoms with van der Waals surface area (Å²) in [6.45, 7) is 10.7. The number of para-hydroxylation sites is 2. The fourth-order valence-electron chi connectivity index (χ4n) is 7.92. The Bertz CT molecular complexity index is 2750. The molecule has 279 valence electrons. The topological polar surface area (TPSA) is 44.2 Å². The van der Waals surface area contributed by atoms with Crippen molar-refractivity contribution in [2.24, 2.45) is 0 Å².